The first-order valence-corrected chi connectivity index (χ1v) is 8.14. The van der Waals surface area contributed by atoms with Crippen molar-refractivity contribution >= 4 is 29.9 Å². The Morgan fingerprint density at radius 3 is 2.09 bits per heavy atom. The second-order valence-corrected chi connectivity index (χ2v) is 5.53. The quantitative estimate of drug-likeness (QED) is 0.426. The minimum atomic E-state index is 0. The Hall–Kier alpha value is -0.820. The van der Waals surface area contributed by atoms with E-state index in [1.807, 2.05) is 0 Å². The summed E-state index contributed by atoms with van der Waals surface area (Å²) in [4.78, 5) is 7.12. The van der Waals surface area contributed by atoms with Crippen molar-refractivity contribution in [3.05, 3.63) is 35.4 Å². The number of nitrogens with zero attached hydrogens (tertiary/aromatic N) is 2. The van der Waals surface area contributed by atoms with E-state index in [0.29, 0.717) is 0 Å². The molecule has 0 radical (unpaired) electrons. The highest BCUT2D eigenvalue weighted by atomic mass is 127. The summed E-state index contributed by atoms with van der Waals surface area (Å²) < 4.78 is 0. The highest BCUT2D eigenvalue weighted by molar-refractivity contribution is 14.0. The van der Waals surface area contributed by atoms with Gasteiger partial charge in [-0.25, -0.2) is 4.99 Å². The first kappa shape index (κ1) is 19.2. The minimum Gasteiger partial charge on any atom is -0.357 e. The maximum atomic E-state index is 4.59. The van der Waals surface area contributed by atoms with Crippen LogP contribution in [0.25, 0.3) is 0 Å². The van der Waals surface area contributed by atoms with E-state index in [1.165, 1.54) is 37.1 Å². The predicted octanol–water partition coefficient (Wildman–Crippen LogP) is 2.98. The van der Waals surface area contributed by atoms with Crippen molar-refractivity contribution in [1.29, 1.82) is 0 Å². The zero-order chi connectivity index (χ0) is 14.9. The van der Waals surface area contributed by atoms with E-state index in [9.17, 15) is 0 Å². The van der Waals surface area contributed by atoms with Crippen LogP contribution < -0.4 is 10.6 Å². The lowest BCUT2D eigenvalue weighted by Gasteiger charge is -2.14. The number of guanidine groups is 1. The first-order valence-electron chi connectivity index (χ1n) is 8.14. The third-order valence-electron chi connectivity index (χ3n) is 3.74. The molecule has 1 saturated heterocycles. The summed E-state index contributed by atoms with van der Waals surface area (Å²) in [6.45, 7) is 10.3. The number of aliphatic imine (C=N–C) groups is 1. The van der Waals surface area contributed by atoms with Gasteiger partial charge >= 0.3 is 0 Å². The van der Waals surface area contributed by atoms with E-state index in [4.69, 9.17) is 0 Å². The molecule has 0 saturated carbocycles. The second-order valence-electron chi connectivity index (χ2n) is 5.53. The molecule has 5 heteroatoms. The average Bonchev–Trinajstić information content (AvgIpc) is 3.00. The van der Waals surface area contributed by atoms with Gasteiger partial charge in [0.1, 0.15) is 0 Å². The van der Waals surface area contributed by atoms with Crippen molar-refractivity contribution in [3.63, 3.8) is 0 Å². The van der Waals surface area contributed by atoms with E-state index < -0.39 is 0 Å². The van der Waals surface area contributed by atoms with Crippen LogP contribution in [0.4, 0.5) is 0 Å². The molecule has 4 nitrogen and oxygen atoms in total. The van der Waals surface area contributed by atoms with E-state index in [0.717, 1.165) is 32.1 Å². The van der Waals surface area contributed by atoms with E-state index in [1.54, 1.807) is 0 Å². The molecule has 0 atom stereocenters. The molecule has 1 aliphatic heterocycles. The summed E-state index contributed by atoms with van der Waals surface area (Å²) in [5, 5.41) is 6.49. The lowest BCUT2D eigenvalue weighted by atomic mass is 10.1. The molecule has 0 amide bonds. The van der Waals surface area contributed by atoms with Crippen LogP contribution in [0.2, 0.25) is 0 Å². The van der Waals surface area contributed by atoms with Crippen molar-refractivity contribution in [1.82, 2.24) is 15.5 Å². The Bertz CT molecular complexity index is 430. The number of benzene rings is 1. The van der Waals surface area contributed by atoms with Gasteiger partial charge in [-0.15, -0.1) is 24.0 Å². The van der Waals surface area contributed by atoms with E-state index in [2.05, 4.69) is 58.6 Å². The summed E-state index contributed by atoms with van der Waals surface area (Å²) >= 11 is 0. The topological polar surface area (TPSA) is 39.7 Å². The first-order chi connectivity index (χ1) is 10.3. The number of nitrogens with one attached hydrogen (secondary N) is 2. The molecule has 22 heavy (non-hydrogen) atoms. The molecule has 1 heterocycles. The van der Waals surface area contributed by atoms with Crippen LogP contribution in [0.15, 0.2) is 29.3 Å². The summed E-state index contributed by atoms with van der Waals surface area (Å²) in [5.41, 5.74) is 2.66. The molecule has 0 spiro atoms. The van der Waals surface area contributed by atoms with E-state index >= 15 is 0 Å². The molecule has 124 valence electrons. The highest BCUT2D eigenvalue weighted by Gasteiger charge is 2.11. The van der Waals surface area contributed by atoms with Gasteiger partial charge < -0.3 is 10.6 Å². The SMILES string of the molecule is CCNC(=NCc1ccc(CN2CCCC2)cc1)NCC.I. The molecular weight excluding hydrogens is 387 g/mol. The molecule has 2 rings (SSSR count). The Balaban J connectivity index is 0.00000242. The number of halogens is 1. The monoisotopic (exact) mass is 416 g/mol. The van der Waals surface area contributed by atoms with Gasteiger partial charge in [0, 0.05) is 19.6 Å². The van der Waals surface area contributed by atoms with Gasteiger partial charge in [-0.3, -0.25) is 4.90 Å². The van der Waals surface area contributed by atoms with Crippen LogP contribution >= 0.6 is 24.0 Å². The zero-order valence-corrected chi connectivity index (χ0v) is 16.1. The number of hydrogen-bond donors (Lipinski definition) is 2. The molecule has 1 aromatic rings. The molecule has 0 unspecified atom stereocenters. The lowest BCUT2D eigenvalue weighted by molar-refractivity contribution is 0.331. The van der Waals surface area contributed by atoms with Crippen LogP contribution in [0.1, 0.15) is 37.8 Å². The standard InChI is InChI=1S/C17H28N4.HI/c1-3-18-17(19-4-2)20-13-15-7-9-16(10-8-15)14-21-11-5-6-12-21;/h7-10H,3-6,11-14H2,1-2H3,(H2,18,19,20);1H. The molecule has 0 aromatic heterocycles. The maximum Gasteiger partial charge on any atom is 0.191 e. The third-order valence-corrected chi connectivity index (χ3v) is 3.74. The van der Waals surface area contributed by atoms with Crippen LogP contribution in [0.3, 0.4) is 0 Å². The fourth-order valence-corrected chi connectivity index (χ4v) is 2.63. The maximum absolute atomic E-state index is 4.59. The normalized spacial score (nSPS) is 14.3. The molecule has 2 N–H and O–H groups in total. The van der Waals surface area contributed by atoms with Crippen molar-refractivity contribution < 1.29 is 0 Å². The van der Waals surface area contributed by atoms with Gasteiger partial charge in [-0.05, 0) is 50.9 Å². The molecule has 0 aliphatic carbocycles. The van der Waals surface area contributed by atoms with Crippen LogP contribution in [0, 0.1) is 0 Å². The van der Waals surface area contributed by atoms with E-state index in [-0.39, 0.29) is 24.0 Å². The van der Waals surface area contributed by atoms with Gasteiger partial charge in [0.05, 0.1) is 6.54 Å². The predicted molar refractivity (Wildman–Crippen MR) is 105 cm³/mol. The third kappa shape index (κ3) is 6.52. The smallest absolute Gasteiger partial charge is 0.191 e. The Labute approximate surface area is 151 Å². The average molecular weight is 416 g/mol. The molecule has 1 aliphatic rings. The van der Waals surface area contributed by atoms with Gasteiger partial charge in [0.2, 0.25) is 0 Å². The lowest BCUT2D eigenvalue weighted by Crippen LogP contribution is -2.36. The second kappa shape index (κ2) is 10.8. The highest BCUT2D eigenvalue weighted by Crippen LogP contribution is 2.13. The summed E-state index contributed by atoms with van der Waals surface area (Å²) in [7, 11) is 0. The summed E-state index contributed by atoms with van der Waals surface area (Å²) in [6.07, 6.45) is 2.70. The zero-order valence-electron chi connectivity index (χ0n) is 13.8. The van der Waals surface area contributed by atoms with Crippen molar-refractivity contribution in [3.8, 4) is 0 Å². The Kier molecular flexibility index (Phi) is 9.47. The minimum absolute atomic E-state index is 0. The number of hydrogen-bond acceptors (Lipinski definition) is 2. The summed E-state index contributed by atoms with van der Waals surface area (Å²) in [6, 6.07) is 8.88. The fraction of sp³-hybridized carbons (Fsp3) is 0.588. The largest absolute Gasteiger partial charge is 0.357 e. The molecule has 0 bridgehead atoms. The Morgan fingerprint density at radius 2 is 1.55 bits per heavy atom. The molecular formula is C17H29IN4. The van der Waals surface area contributed by atoms with Crippen LogP contribution in [-0.2, 0) is 13.1 Å². The van der Waals surface area contributed by atoms with Crippen molar-refractivity contribution in [2.45, 2.75) is 39.8 Å². The fourth-order valence-electron chi connectivity index (χ4n) is 2.63. The number of rotatable bonds is 6. The Morgan fingerprint density at radius 1 is 1.00 bits per heavy atom. The van der Waals surface area contributed by atoms with Gasteiger partial charge in [-0.2, -0.15) is 0 Å². The molecule has 1 fully saturated rings. The van der Waals surface area contributed by atoms with Crippen LogP contribution in [-0.4, -0.2) is 37.0 Å². The van der Waals surface area contributed by atoms with Crippen molar-refractivity contribution in [2.75, 3.05) is 26.2 Å². The molecule has 1 aromatic carbocycles. The van der Waals surface area contributed by atoms with Crippen LogP contribution in [0.5, 0.6) is 0 Å². The van der Waals surface area contributed by atoms with Gasteiger partial charge in [-0.1, -0.05) is 24.3 Å². The van der Waals surface area contributed by atoms with Gasteiger partial charge in [0.25, 0.3) is 0 Å². The van der Waals surface area contributed by atoms with Gasteiger partial charge in [0.15, 0.2) is 5.96 Å². The number of likely N-dealkylation sites (tertiary alicyclic amines) is 1. The summed E-state index contributed by atoms with van der Waals surface area (Å²) in [5.74, 6) is 0.890. The van der Waals surface area contributed by atoms with Crippen molar-refractivity contribution in [2.24, 2.45) is 4.99 Å².